The fourth-order valence-corrected chi connectivity index (χ4v) is 1.99. The Morgan fingerprint density at radius 2 is 1.65 bits per heavy atom. The van der Waals surface area contributed by atoms with Gasteiger partial charge < -0.3 is 10.1 Å². The average Bonchev–Trinajstić information content (AvgIpc) is 2.16. The Hall–Kier alpha value is -0.570. The lowest BCUT2D eigenvalue weighted by Gasteiger charge is -2.26. The predicted octanol–water partition coefficient (Wildman–Crippen LogP) is 2.85. The molecule has 0 aromatic heterocycles. The van der Waals surface area contributed by atoms with Crippen LogP contribution in [0.25, 0.3) is 0 Å². The molecule has 0 saturated heterocycles. The van der Waals surface area contributed by atoms with E-state index in [0.717, 1.165) is 6.54 Å². The molecule has 0 aliphatic carbocycles. The quantitative estimate of drug-likeness (QED) is 0.746. The molecule has 102 valence electrons. The highest BCUT2D eigenvalue weighted by Crippen LogP contribution is 2.19. The molecule has 0 aromatic rings. The molecule has 0 bridgehead atoms. The molecular formula is C14H29NO2. The van der Waals surface area contributed by atoms with Crippen LogP contribution in [-0.2, 0) is 9.53 Å². The van der Waals surface area contributed by atoms with E-state index in [-0.39, 0.29) is 11.5 Å². The summed E-state index contributed by atoms with van der Waals surface area (Å²) >= 11 is 0. The van der Waals surface area contributed by atoms with Gasteiger partial charge in [0.2, 0.25) is 5.91 Å². The number of nitrogens with one attached hydrogen (secondary N) is 1. The van der Waals surface area contributed by atoms with Crippen molar-refractivity contribution >= 4 is 5.91 Å². The first kappa shape index (κ1) is 16.4. The van der Waals surface area contributed by atoms with Gasteiger partial charge in [-0.2, -0.15) is 0 Å². The van der Waals surface area contributed by atoms with Crippen molar-refractivity contribution in [2.45, 2.75) is 53.6 Å². The van der Waals surface area contributed by atoms with Crippen molar-refractivity contribution in [1.29, 1.82) is 0 Å². The second-order valence-corrected chi connectivity index (χ2v) is 6.10. The zero-order valence-corrected chi connectivity index (χ0v) is 12.5. The zero-order chi connectivity index (χ0) is 13.6. The highest BCUT2D eigenvalue weighted by molar-refractivity contribution is 5.76. The van der Waals surface area contributed by atoms with Crippen LogP contribution in [0.15, 0.2) is 0 Å². The van der Waals surface area contributed by atoms with Gasteiger partial charge in [-0.05, 0) is 31.6 Å². The number of ether oxygens (including phenoxy) is 1. The molecule has 1 amide bonds. The summed E-state index contributed by atoms with van der Waals surface area (Å²) in [5, 5.41) is 3.02. The number of carbonyl (C=O) groups is 1. The second kappa shape index (κ2) is 7.00. The lowest BCUT2D eigenvalue weighted by molar-refractivity contribution is -0.126. The molecule has 0 radical (unpaired) electrons. The van der Waals surface area contributed by atoms with E-state index in [1.807, 2.05) is 13.8 Å². The van der Waals surface area contributed by atoms with Crippen molar-refractivity contribution in [3.05, 3.63) is 0 Å². The third kappa shape index (κ3) is 6.67. The third-order valence-electron chi connectivity index (χ3n) is 3.39. The van der Waals surface area contributed by atoms with E-state index in [2.05, 4.69) is 33.0 Å². The minimum atomic E-state index is -0.380. The van der Waals surface area contributed by atoms with Crippen LogP contribution in [0, 0.1) is 17.8 Å². The van der Waals surface area contributed by atoms with Gasteiger partial charge in [0, 0.05) is 13.7 Å². The second-order valence-electron chi connectivity index (χ2n) is 6.10. The van der Waals surface area contributed by atoms with Gasteiger partial charge in [0.05, 0.1) is 12.0 Å². The standard InChI is InChI=1S/C14H29NO2/c1-10(2)12(11(3)4)9-15-13(16)8-14(5,6)17-7/h10-12H,8-9H2,1-7H3,(H,15,16). The molecule has 1 N–H and O–H groups in total. The van der Waals surface area contributed by atoms with Crippen molar-refractivity contribution in [3.8, 4) is 0 Å². The van der Waals surface area contributed by atoms with Crippen LogP contribution in [0.1, 0.15) is 48.0 Å². The van der Waals surface area contributed by atoms with Gasteiger partial charge in [-0.25, -0.2) is 0 Å². The van der Waals surface area contributed by atoms with Gasteiger partial charge in [-0.3, -0.25) is 4.79 Å². The minimum Gasteiger partial charge on any atom is -0.378 e. The Balaban J connectivity index is 4.14. The highest BCUT2D eigenvalue weighted by atomic mass is 16.5. The number of rotatable bonds is 7. The fraction of sp³-hybridized carbons (Fsp3) is 0.929. The predicted molar refractivity (Wildman–Crippen MR) is 71.9 cm³/mol. The highest BCUT2D eigenvalue weighted by Gasteiger charge is 2.23. The molecule has 0 heterocycles. The van der Waals surface area contributed by atoms with Crippen LogP contribution in [0.2, 0.25) is 0 Å². The molecule has 0 aliphatic heterocycles. The van der Waals surface area contributed by atoms with E-state index < -0.39 is 0 Å². The van der Waals surface area contributed by atoms with Crippen LogP contribution in [0.3, 0.4) is 0 Å². The first-order valence-electron chi connectivity index (χ1n) is 6.51. The van der Waals surface area contributed by atoms with E-state index in [9.17, 15) is 4.79 Å². The monoisotopic (exact) mass is 243 g/mol. The first-order chi connectivity index (χ1) is 7.69. The van der Waals surface area contributed by atoms with Crippen LogP contribution in [0.4, 0.5) is 0 Å². The number of methoxy groups -OCH3 is 1. The topological polar surface area (TPSA) is 38.3 Å². The Kier molecular flexibility index (Phi) is 6.76. The fourth-order valence-electron chi connectivity index (χ4n) is 1.99. The Morgan fingerprint density at radius 1 is 1.18 bits per heavy atom. The van der Waals surface area contributed by atoms with E-state index >= 15 is 0 Å². The average molecular weight is 243 g/mol. The molecule has 0 atom stereocenters. The van der Waals surface area contributed by atoms with Crippen LogP contribution in [0.5, 0.6) is 0 Å². The van der Waals surface area contributed by atoms with E-state index in [1.165, 1.54) is 0 Å². The van der Waals surface area contributed by atoms with Gasteiger partial charge in [0.25, 0.3) is 0 Å². The molecule has 0 aromatic carbocycles. The van der Waals surface area contributed by atoms with Crippen molar-refractivity contribution in [2.75, 3.05) is 13.7 Å². The Labute approximate surface area is 106 Å². The summed E-state index contributed by atoms with van der Waals surface area (Å²) in [7, 11) is 1.64. The smallest absolute Gasteiger partial charge is 0.222 e. The summed E-state index contributed by atoms with van der Waals surface area (Å²) < 4.78 is 5.25. The van der Waals surface area contributed by atoms with Crippen molar-refractivity contribution in [3.63, 3.8) is 0 Å². The summed E-state index contributed by atoms with van der Waals surface area (Å²) in [6.45, 7) is 13.4. The van der Waals surface area contributed by atoms with Crippen LogP contribution >= 0.6 is 0 Å². The Bertz CT molecular complexity index is 226. The molecule has 0 aliphatic rings. The summed E-state index contributed by atoms with van der Waals surface area (Å²) in [5.41, 5.74) is -0.380. The molecule has 3 heteroatoms. The minimum absolute atomic E-state index is 0.0724. The number of amides is 1. The maximum absolute atomic E-state index is 11.8. The molecular weight excluding hydrogens is 214 g/mol. The number of hydrogen-bond acceptors (Lipinski definition) is 2. The van der Waals surface area contributed by atoms with Gasteiger partial charge in [0.15, 0.2) is 0 Å². The van der Waals surface area contributed by atoms with Crippen LogP contribution in [-0.4, -0.2) is 25.2 Å². The lowest BCUT2D eigenvalue weighted by atomic mass is 9.85. The normalized spacial score (nSPS) is 12.6. The van der Waals surface area contributed by atoms with E-state index in [0.29, 0.717) is 24.2 Å². The van der Waals surface area contributed by atoms with Gasteiger partial charge >= 0.3 is 0 Å². The van der Waals surface area contributed by atoms with Gasteiger partial charge in [0.1, 0.15) is 0 Å². The molecule has 0 fully saturated rings. The zero-order valence-electron chi connectivity index (χ0n) is 12.5. The molecule has 3 nitrogen and oxygen atoms in total. The molecule has 0 spiro atoms. The van der Waals surface area contributed by atoms with Crippen molar-refractivity contribution < 1.29 is 9.53 Å². The van der Waals surface area contributed by atoms with Crippen molar-refractivity contribution in [2.24, 2.45) is 17.8 Å². The summed E-state index contributed by atoms with van der Waals surface area (Å²) in [6, 6.07) is 0. The van der Waals surface area contributed by atoms with E-state index in [1.54, 1.807) is 7.11 Å². The SMILES string of the molecule is COC(C)(C)CC(=O)NCC(C(C)C)C(C)C. The van der Waals surface area contributed by atoms with E-state index in [4.69, 9.17) is 4.74 Å². The maximum Gasteiger partial charge on any atom is 0.222 e. The molecule has 17 heavy (non-hydrogen) atoms. The van der Waals surface area contributed by atoms with Crippen molar-refractivity contribution in [1.82, 2.24) is 5.32 Å². The summed E-state index contributed by atoms with van der Waals surface area (Å²) in [5.74, 6) is 1.78. The first-order valence-corrected chi connectivity index (χ1v) is 6.51. The van der Waals surface area contributed by atoms with Crippen LogP contribution < -0.4 is 5.32 Å². The van der Waals surface area contributed by atoms with Gasteiger partial charge in [-0.1, -0.05) is 27.7 Å². The lowest BCUT2D eigenvalue weighted by Crippen LogP contribution is -2.38. The Morgan fingerprint density at radius 3 is 2.00 bits per heavy atom. The van der Waals surface area contributed by atoms with Gasteiger partial charge in [-0.15, -0.1) is 0 Å². The largest absolute Gasteiger partial charge is 0.378 e. The third-order valence-corrected chi connectivity index (χ3v) is 3.39. The molecule has 0 rings (SSSR count). The molecule has 0 unspecified atom stereocenters. The number of hydrogen-bond donors (Lipinski definition) is 1. The maximum atomic E-state index is 11.8. The summed E-state index contributed by atoms with van der Waals surface area (Å²) in [4.78, 5) is 11.8. The number of carbonyl (C=O) groups excluding carboxylic acids is 1. The summed E-state index contributed by atoms with van der Waals surface area (Å²) in [6.07, 6.45) is 0.409. The molecule has 0 saturated carbocycles.